The van der Waals surface area contributed by atoms with Crippen LogP contribution in [0.2, 0.25) is 0 Å². The van der Waals surface area contributed by atoms with E-state index in [9.17, 15) is 13.2 Å². The zero-order valence-corrected chi connectivity index (χ0v) is 11.1. The lowest BCUT2D eigenvalue weighted by atomic mass is 10.4. The predicted octanol–water partition coefficient (Wildman–Crippen LogP) is 2.01. The summed E-state index contributed by atoms with van der Waals surface area (Å²) in [4.78, 5) is 8.57. The Morgan fingerprint density at radius 3 is 2.58 bits per heavy atom. The molecule has 0 bridgehead atoms. The third-order valence-corrected chi connectivity index (χ3v) is 2.35. The summed E-state index contributed by atoms with van der Waals surface area (Å²) in [7, 11) is 3.18. The van der Waals surface area contributed by atoms with E-state index >= 15 is 0 Å². The number of nitrogens with zero attached hydrogens (tertiary/aromatic N) is 3. The van der Waals surface area contributed by atoms with E-state index in [1.54, 1.807) is 18.9 Å². The van der Waals surface area contributed by atoms with Gasteiger partial charge in [-0.2, -0.15) is 13.2 Å². The molecule has 1 aromatic rings. The van der Waals surface area contributed by atoms with Crippen molar-refractivity contribution in [2.75, 3.05) is 44.1 Å². The summed E-state index contributed by atoms with van der Waals surface area (Å²) in [6.45, 7) is 3.11. The molecule has 0 unspecified atom stereocenters. The van der Waals surface area contributed by atoms with E-state index in [0.29, 0.717) is 19.7 Å². The van der Waals surface area contributed by atoms with E-state index in [2.05, 4.69) is 15.3 Å². The minimum Gasteiger partial charge on any atom is -0.383 e. The van der Waals surface area contributed by atoms with E-state index in [0.717, 1.165) is 0 Å². The molecule has 0 fully saturated rings. The fraction of sp³-hybridized carbons (Fsp3) is 0.636. The van der Waals surface area contributed by atoms with Crippen LogP contribution in [0.3, 0.4) is 0 Å². The summed E-state index contributed by atoms with van der Waals surface area (Å²) >= 11 is 0. The summed E-state index contributed by atoms with van der Waals surface area (Å²) < 4.78 is 43.0. The van der Waals surface area contributed by atoms with Crippen LogP contribution in [0.5, 0.6) is 0 Å². The monoisotopic (exact) mass is 278 g/mol. The number of hydrogen-bond acceptors (Lipinski definition) is 5. The average molecular weight is 278 g/mol. The summed E-state index contributed by atoms with van der Waals surface area (Å²) in [5, 5.41) is 2.76. The molecule has 0 spiro atoms. The average Bonchev–Trinajstić information content (AvgIpc) is 2.35. The number of likely N-dealkylation sites (N-methyl/N-ethyl adjacent to an activating group) is 1. The first-order valence-corrected chi connectivity index (χ1v) is 5.78. The molecule has 0 aliphatic carbocycles. The first-order valence-electron chi connectivity index (χ1n) is 5.78. The third-order valence-electron chi connectivity index (χ3n) is 2.35. The van der Waals surface area contributed by atoms with E-state index in [4.69, 9.17) is 4.74 Å². The Morgan fingerprint density at radius 1 is 1.37 bits per heavy atom. The Balaban J connectivity index is 3.05. The van der Waals surface area contributed by atoms with Gasteiger partial charge in [-0.15, -0.1) is 0 Å². The molecule has 0 atom stereocenters. The topological polar surface area (TPSA) is 50.3 Å². The molecule has 0 aromatic carbocycles. The van der Waals surface area contributed by atoms with Crippen molar-refractivity contribution < 1.29 is 17.9 Å². The van der Waals surface area contributed by atoms with Gasteiger partial charge in [0.25, 0.3) is 0 Å². The van der Waals surface area contributed by atoms with Crippen LogP contribution in [-0.2, 0) is 10.9 Å². The van der Waals surface area contributed by atoms with Gasteiger partial charge in [-0.05, 0) is 6.92 Å². The third kappa shape index (κ3) is 4.55. The fourth-order valence-electron chi connectivity index (χ4n) is 1.37. The predicted molar refractivity (Wildman–Crippen MR) is 66.3 cm³/mol. The normalized spacial score (nSPS) is 11.5. The minimum absolute atomic E-state index is 0.157. The molecule has 19 heavy (non-hydrogen) atoms. The Hall–Kier alpha value is -1.57. The Labute approximate surface area is 109 Å². The van der Waals surface area contributed by atoms with Crippen molar-refractivity contribution >= 4 is 11.6 Å². The molecule has 0 aliphatic heterocycles. The fourth-order valence-corrected chi connectivity index (χ4v) is 1.37. The van der Waals surface area contributed by atoms with Gasteiger partial charge in [-0.3, -0.25) is 0 Å². The van der Waals surface area contributed by atoms with Crippen molar-refractivity contribution in [2.45, 2.75) is 13.1 Å². The second kappa shape index (κ2) is 6.55. The van der Waals surface area contributed by atoms with Gasteiger partial charge in [0.1, 0.15) is 11.6 Å². The number of methoxy groups -OCH3 is 1. The van der Waals surface area contributed by atoms with E-state index in [1.165, 1.54) is 13.2 Å². The molecule has 0 aliphatic rings. The van der Waals surface area contributed by atoms with Gasteiger partial charge >= 0.3 is 6.18 Å². The van der Waals surface area contributed by atoms with Crippen LogP contribution in [0.15, 0.2) is 6.07 Å². The molecule has 1 rings (SSSR count). The van der Waals surface area contributed by atoms with Crippen molar-refractivity contribution in [3.8, 4) is 0 Å². The summed E-state index contributed by atoms with van der Waals surface area (Å²) in [5.74, 6) is -0.787. The Morgan fingerprint density at radius 2 is 2.05 bits per heavy atom. The number of halogens is 3. The lowest BCUT2D eigenvalue weighted by molar-refractivity contribution is -0.144. The molecule has 1 N–H and O–H groups in total. The highest BCUT2D eigenvalue weighted by molar-refractivity contribution is 5.49. The minimum atomic E-state index is -4.57. The van der Waals surface area contributed by atoms with Gasteiger partial charge in [0.05, 0.1) is 6.61 Å². The van der Waals surface area contributed by atoms with Crippen LogP contribution in [0.25, 0.3) is 0 Å². The SMILES string of the molecule is CCNc1cc(N(C)CCOC)nc(C(F)(F)F)n1. The van der Waals surface area contributed by atoms with Crippen LogP contribution >= 0.6 is 0 Å². The molecule has 0 amide bonds. The molecule has 0 radical (unpaired) electrons. The number of anilines is 2. The molecule has 0 saturated carbocycles. The van der Waals surface area contributed by atoms with Gasteiger partial charge in [-0.25, -0.2) is 9.97 Å². The summed E-state index contributed by atoms with van der Waals surface area (Å²) in [6, 6.07) is 1.48. The van der Waals surface area contributed by atoms with E-state index in [1.807, 2.05) is 0 Å². The Kier molecular flexibility index (Phi) is 5.34. The molecular weight excluding hydrogens is 261 g/mol. The summed E-state index contributed by atoms with van der Waals surface area (Å²) in [6.07, 6.45) is -4.57. The molecule has 1 aromatic heterocycles. The van der Waals surface area contributed by atoms with Crippen LogP contribution < -0.4 is 10.2 Å². The molecular formula is C11H17F3N4O. The lowest BCUT2D eigenvalue weighted by Gasteiger charge is -2.19. The molecule has 5 nitrogen and oxygen atoms in total. The molecule has 8 heteroatoms. The zero-order chi connectivity index (χ0) is 14.5. The maximum atomic E-state index is 12.7. The van der Waals surface area contributed by atoms with Crippen molar-refractivity contribution in [1.82, 2.24) is 9.97 Å². The first kappa shape index (κ1) is 15.5. The number of hydrogen-bond donors (Lipinski definition) is 1. The number of nitrogens with one attached hydrogen (secondary N) is 1. The summed E-state index contributed by atoms with van der Waals surface area (Å²) in [5.41, 5.74) is 0. The van der Waals surface area contributed by atoms with Crippen molar-refractivity contribution in [3.05, 3.63) is 11.9 Å². The number of ether oxygens (including phenoxy) is 1. The van der Waals surface area contributed by atoms with Gasteiger partial charge < -0.3 is 15.0 Å². The quantitative estimate of drug-likeness (QED) is 0.862. The largest absolute Gasteiger partial charge is 0.451 e. The number of rotatable bonds is 6. The number of aromatic nitrogens is 2. The standard InChI is InChI=1S/C11H17F3N4O/c1-4-15-8-7-9(18(2)5-6-19-3)17-10(16-8)11(12,13)14/h7H,4-6H2,1-3H3,(H,15,16,17). The van der Waals surface area contributed by atoms with Crippen LogP contribution in [0.4, 0.5) is 24.8 Å². The second-order valence-electron chi connectivity index (χ2n) is 3.88. The zero-order valence-electron chi connectivity index (χ0n) is 11.1. The van der Waals surface area contributed by atoms with E-state index in [-0.39, 0.29) is 11.6 Å². The van der Waals surface area contributed by atoms with Crippen molar-refractivity contribution in [1.29, 1.82) is 0 Å². The highest BCUT2D eigenvalue weighted by atomic mass is 19.4. The van der Waals surface area contributed by atoms with Crippen molar-refractivity contribution in [3.63, 3.8) is 0 Å². The smallest absolute Gasteiger partial charge is 0.383 e. The highest BCUT2D eigenvalue weighted by Crippen LogP contribution is 2.28. The molecule has 108 valence electrons. The van der Waals surface area contributed by atoms with Gasteiger partial charge in [0, 0.05) is 33.3 Å². The van der Waals surface area contributed by atoms with Crippen LogP contribution in [0.1, 0.15) is 12.7 Å². The van der Waals surface area contributed by atoms with Crippen molar-refractivity contribution in [2.24, 2.45) is 0 Å². The molecule has 0 saturated heterocycles. The van der Waals surface area contributed by atoms with E-state index < -0.39 is 12.0 Å². The highest BCUT2D eigenvalue weighted by Gasteiger charge is 2.35. The van der Waals surface area contributed by atoms with Gasteiger partial charge in [-0.1, -0.05) is 0 Å². The number of alkyl halides is 3. The van der Waals surface area contributed by atoms with Gasteiger partial charge in [0.2, 0.25) is 5.82 Å². The van der Waals surface area contributed by atoms with Crippen LogP contribution in [0, 0.1) is 0 Å². The van der Waals surface area contributed by atoms with Crippen LogP contribution in [-0.4, -0.2) is 43.8 Å². The Bertz CT molecular complexity index is 411. The first-order chi connectivity index (χ1) is 8.88. The maximum Gasteiger partial charge on any atom is 0.451 e. The van der Waals surface area contributed by atoms with Gasteiger partial charge in [0.15, 0.2) is 0 Å². The second-order valence-corrected chi connectivity index (χ2v) is 3.88. The molecule has 1 heterocycles. The maximum absolute atomic E-state index is 12.7. The lowest BCUT2D eigenvalue weighted by Crippen LogP contribution is -2.25.